The molecule has 9 heavy (non-hydrogen) atoms. The lowest BCUT2D eigenvalue weighted by molar-refractivity contribution is 0.122. The van der Waals surface area contributed by atoms with Crippen molar-refractivity contribution in [3.8, 4) is 0 Å². The Hall–Kier alpha value is -0.550. The molecule has 0 radical (unpaired) electrons. The van der Waals surface area contributed by atoms with Crippen LogP contribution in [-0.4, -0.2) is 17.3 Å². The quantitative estimate of drug-likeness (QED) is 0.483. The molecule has 2 atom stereocenters. The van der Waals surface area contributed by atoms with Gasteiger partial charge in [0.15, 0.2) is 0 Å². The van der Waals surface area contributed by atoms with Crippen LogP contribution in [0.2, 0.25) is 0 Å². The molecule has 0 aromatic rings. The van der Waals surface area contributed by atoms with Crippen LogP contribution in [0.5, 0.6) is 0 Å². The lowest BCUT2D eigenvalue weighted by Crippen LogP contribution is -2.26. The van der Waals surface area contributed by atoms with Gasteiger partial charge in [0.05, 0.1) is 0 Å². The highest BCUT2D eigenvalue weighted by molar-refractivity contribution is 4.88. The topological polar surface area (TPSA) is 24.6 Å². The van der Waals surface area contributed by atoms with Crippen molar-refractivity contribution >= 4 is 0 Å². The van der Waals surface area contributed by atoms with Crippen LogP contribution >= 0.6 is 0 Å². The van der Waals surface area contributed by atoms with Gasteiger partial charge in [-0.3, -0.25) is 0 Å². The first-order valence-corrected chi connectivity index (χ1v) is 3.39. The summed E-state index contributed by atoms with van der Waals surface area (Å²) in [4.78, 5) is 3.33. The molecular weight excluding hydrogens is 114 g/mol. The molecule has 1 fully saturated rings. The van der Waals surface area contributed by atoms with Crippen molar-refractivity contribution in [2.24, 2.45) is 0 Å². The van der Waals surface area contributed by atoms with E-state index in [4.69, 9.17) is 11.7 Å². The van der Waals surface area contributed by atoms with E-state index in [0.717, 1.165) is 25.7 Å². The second-order valence-corrected chi connectivity index (χ2v) is 2.55. The Morgan fingerprint density at radius 2 is 2.00 bits per heavy atom. The lowest BCUT2D eigenvalue weighted by atomic mass is 9.93. The molecule has 0 aliphatic heterocycles. The Morgan fingerprint density at radius 3 is 2.44 bits per heavy atom. The van der Waals surface area contributed by atoms with E-state index < -0.39 is 0 Å². The van der Waals surface area contributed by atoms with Crippen LogP contribution in [0.1, 0.15) is 25.7 Å². The van der Waals surface area contributed by atoms with Crippen molar-refractivity contribution in [1.82, 2.24) is 0 Å². The summed E-state index contributed by atoms with van der Waals surface area (Å²) >= 11 is 0. The molecule has 0 aromatic heterocycles. The molecule has 1 rings (SSSR count). The second-order valence-electron chi connectivity index (χ2n) is 2.55. The van der Waals surface area contributed by atoms with Crippen LogP contribution < -0.4 is 0 Å². The third-order valence-electron chi connectivity index (χ3n) is 1.86. The normalized spacial score (nSPS) is 35.6. The fourth-order valence-electron chi connectivity index (χ4n) is 1.24. The molecule has 2 heteroatoms. The molecule has 0 unspecified atom stereocenters. The smallest absolute Gasteiger partial charge is 0.249 e. The number of aliphatic hydroxyl groups excluding tert-OH is 1. The first-order valence-electron chi connectivity index (χ1n) is 3.39. The minimum atomic E-state index is -0.337. The van der Waals surface area contributed by atoms with Gasteiger partial charge in [-0.2, -0.15) is 0 Å². The molecule has 0 saturated heterocycles. The van der Waals surface area contributed by atoms with Gasteiger partial charge in [-0.15, -0.1) is 0 Å². The largest absolute Gasteiger partial charge is 0.385 e. The van der Waals surface area contributed by atoms with Gasteiger partial charge in [0.2, 0.25) is 6.04 Å². The summed E-state index contributed by atoms with van der Waals surface area (Å²) in [5, 5.41) is 9.16. The van der Waals surface area contributed by atoms with Gasteiger partial charge in [0.25, 0.3) is 0 Å². The van der Waals surface area contributed by atoms with E-state index in [1.54, 1.807) is 0 Å². The van der Waals surface area contributed by atoms with Crippen LogP contribution in [0.15, 0.2) is 0 Å². The van der Waals surface area contributed by atoms with Gasteiger partial charge in [0, 0.05) is 6.42 Å². The summed E-state index contributed by atoms with van der Waals surface area (Å²) < 4.78 is 0. The summed E-state index contributed by atoms with van der Waals surface area (Å²) in [5.74, 6) is 0. The van der Waals surface area contributed by atoms with Crippen molar-refractivity contribution in [2.75, 3.05) is 0 Å². The molecule has 0 spiro atoms. The molecular formula is C7H11NO. The molecule has 0 heterocycles. The minimum absolute atomic E-state index is 0.0984. The zero-order valence-corrected chi connectivity index (χ0v) is 5.38. The monoisotopic (exact) mass is 125 g/mol. The molecule has 1 aliphatic rings. The molecule has 0 amide bonds. The van der Waals surface area contributed by atoms with E-state index in [-0.39, 0.29) is 12.1 Å². The summed E-state index contributed by atoms with van der Waals surface area (Å²) in [7, 11) is 0. The predicted octanol–water partition coefficient (Wildman–Crippen LogP) is 1.21. The first-order chi connectivity index (χ1) is 4.34. The molecule has 50 valence electrons. The Balaban J connectivity index is 2.41. The number of rotatable bonds is 0. The minimum Gasteiger partial charge on any atom is -0.385 e. The SMILES string of the molecule is [C-]#[N+][C@H]1CCCC[C@@H]1O. The maximum atomic E-state index is 9.16. The van der Waals surface area contributed by atoms with Crippen molar-refractivity contribution in [3.63, 3.8) is 0 Å². The van der Waals surface area contributed by atoms with Gasteiger partial charge in [-0.05, 0) is 12.8 Å². The third-order valence-corrected chi connectivity index (χ3v) is 1.86. The van der Waals surface area contributed by atoms with Crippen LogP contribution in [0.4, 0.5) is 0 Å². The summed E-state index contributed by atoms with van der Waals surface area (Å²) in [6, 6.07) is -0.0984. The van der Waals surface area contributed by atoms with Crippen LogP contribution in [0.25, 0.3) is 4.85 Å². The van der Waals surface area contributed by atoms with Crippen molar-refractivity contribution in [3.05, 3.63) is 11.4 Å². The zero-order valence-electron chi connectivity index (χ0n) is 5.38. The number of nitrogens with zero attached hydrogens (tertiary/aromatic N) is 1. The zero-order chi connectivity index (χ0) is 6.69. The summed E-state index contributed by atoms with van der Waals surface area (Å²) in [6.07, 6.45) is 3.59. The van der Waals surface area contributed by atoms with Gasteiger partial charge < -0.3 is 9.95 Å². The maximum Gasteiger partial charge on any atom is 0.249 e. The van der Waals surface area contributed by atoms with E-state index >= 15 is 0 Å². The molecule has 1 N–H and O–H groups in total. The highest BCUT2D eigenvalue weighted by Gasteiger charge is 2.26. The Bertz CT molecular complexity index is 127. The molecule has 0 aromatic carbocycles. The van der Waals surface area contributed by atoms with E-state index in [9.17, 15) is 0 Å². The van der Waals surface area contributed by atoms with Crippen molar-refractivity contribution in [2.45, 2.75) is 37.8 Å². The number of aliphatic hydroxyl groups is 1. The average Bonchev–Trinajstić information content (AvgIpc) is 1.89. The first kappa shape index (κ1) is 6.57. The van der Waals surface area contributed by atoms with Crippen molar-refractivity contribution < 1.29 is 5.11 Å². The lowest BCUT2D eigenvalue weighted by Gasteiger charge is -2.17. The standard InChI is InChI=1S/C7H11NO/c1-8-6-4-2-3-5-7(6)9/h6-7,9H,2-5H2/t6-,7-/m0/s1. The summed E-state index contributed by atoms with van der Waals surface area (Å²) in [5.41, 5.74) is 0. The number of hydrogen-bond donors (Lipinski definition) is 1. The molecule has 1 saturated carbocycles. The van der Waals surface area contributed by atoms with Gasteiger partial charge >= 0.3 is 0 Å². The maximum absolute atomic E-state index is 9.16. The number of hydrogen-bond acceptors (Lipinski definition) is 1. The highest BCUT2D eigenvalue weighted by atomic mass is 16.3. The summed E-state index contributed by atoms with van der Waals surface area (Å²) in [6.45, 7) is 6.69. The molecule has 0 bridgehead atoms. The average molecular weight is 125 g/mol. The Labute approximate surface area is 55.3 Å². The van der Waals surface area contributed by atoms with Crippen LogP contribution in [-0.2, 0) is 0 Å². The van der Waals surface area contributed by atoms with E-state index in [0.29, 0.717) is 0 Å². The van der Waals surface area contributed by atoms with E-state index in [1.807, 2.05) is 0 Å². The van der Waals surface area contributed by atoms with Gasteiger partial charge in [-0.25, -0.2) is 6.57 Å². The van der Waals surface area contributed by atoms with E-state index in [2.05, 4.69) is 4.85 Å². The fraction of sp³-hybridized carbons (Fsp3) is 0.857. The van der Waals surface area contributed by atoms with Gasteiger partial charge in [0.1, 0.15) is 6.10 Å². The Kier molecular flexibility index (Phi) is 2.07. The van der Waals surface area contributed by atoms with Crippen LogP contribution in [0.3, 0.4) is 0 Å². The predicted molar refractivity (Wildman–Crippen MR) is 34.9 cm³/mol. The molecule has 1 aliphatic carbocycles. The van der Waals surface area contributed by atoms with Gasteiger partial charge in [-0.1, -0.05) is 6.42 Å². The molecule has 2 nitrogen and oxygen atoms in total. The second kappa shape index (κ2) is 2.84. The van der Waals surface area contributed by atoms with Crippen LogP contribution in [0, 0.1) is 6.57 Å². The fourth-order valence-corrected chi connectivity index (χ4v) is 1.24. The van der Waals surface area contributed by atoms with Crippen molar-refractivity contribution in [1.29, 1.82) is 0 Å². The van der Waals surface area contributed by atoms with E-state index in [1.165, 1.54) is 0 Å². The highest BCUT2D eigenvalue weighted by Crippen LogP contribution is 2.20. The Morgan fingerprint density at radius 1 is 1.33 bits per heavy atom. The third kappa shape index (κ3) is 1.43.